The molecule has 0 radical (unpaired) electrons. The van der Waals surface area contributed by atoms with Crippen LogP contribution >= 0.6 is 23.2 Å². The number of carbonyl (C=O) groups is 3. The quantitative estimate of drug-likeness (QED) is 0.425. The average Bonchev–Trinajstić information content (AvgIpc) is 2.63. The van der Waals surface area contributed by atoms with Gasteiger partial charge in [-0.15, -0.1) is 11.6 Å². The highest BCUT2D eigenvalue weighted by molar-refractivity contribution is 6.29. The van der Waals surface area contributed by atoms with E-state index in [0.29, 0.717) is 5.56 Å². The molecule has 2 rings (SSSR count). The third kappa shape index (κ3) is 3.59. The minimum absolute atomic E-state index is 0.0311. The maximum absolute atomic E-state index is 12.7. The number of primary amides is 2. The van der Waals surface area contributed by atoms with Crippen molar-refractivity contribution in [2.45, 2.75) is 30.6 Å². The van der Waals surface area contributed by atoms with Gasteiger partial charge in [-0.05, 0) is 25.3 Å². The molecule has 6 nitrogen and oxygen atoms in total. The van der Waals surface area contributed by atoms with E-state index in [4.69, 9.17) is 39.4 Å². The number of nitrogens with two attached hydrogens (primary N) is 2. The van der Waals surface area contributed by atoms with Crippen LogP contribution in [0.25, 0.3) is 0 Å². The van der Waals surface area contributed by atoms with Gasteiger partial charge in [-0.2, -0.15) is 0 Å². The van der Waals surface area contributed by atoms with E-state index in [-0.39, 0.29) is 36.2 Å². The van der Waals surface area contributed by atoms with E-state index in [0.717, 1.165) is 5.54 Å². The third-order valence-electron chi connectivity index (χ3n) is 4.62. The van der Waals surface area contributed by atoms with Crippen molar-refractivity contribution < 1.29 is 19.1 Å². The molecule has 27 heavy (non-hydrogen) atoms. The number of hydrogen-bond donors (Lipinski definition) is 2. The van der Waals surface area contributed by atoms with Gasteiger partial charge in [-0.25, -0.2) is 4.79 Å². The Bertz CT molecular complexity index is 820. The first-order valence-electron chi connectivity index (χ1n) is 8.33. The van der Waals surface area contributed by atoms with Gasteiger partial charge in [0.05, 0.1) is 23.0 Å². The van der Waals surface area contributed by atoms with Gasteiger partial charge in [0.25, 0.3) is 0 Å². The Morgan fingerprint density at radius 3 is 2.33 bits per heavy atom. The molecule has 144 valence electrons. The van der Waals surface area contributed by atoms with Crippen LogP contribution in [0.4, 0.5) is 0 Å². The fraction of sp³-hybridized carbons (Fsp3) is 0.316. The summed E-state index contributed by atoms with van der Waals surface area (Å²) in [6, 6.07) is 8.56. The summed E-state index contributed by atoms with van der Waals surface area (Å²) in [5.41, 5.74) is 10.9. The van der Waals surface area contributed by atoms with Crippen LogP contribution in [0.1, 0.15) is 25.3 Å². The SMILES string of the molecule is CCOC(=O)C(=CCl)C1(c2ccccc2)C(C(N)=O)=C(C(N)=O)CCC1Cl. The van der Waals surface area contributed by atoms with E-state index in [2.05, 4.69) is 0 Å². The summed E-state index contributed by atoms with van der Waals surface area (Å²) in [5, 5.41) is -0.792. The fourth-order valence-electron chi connectivity index (χ4n) is 3.58. The average molecular weight is 411 g/mol. The Morgan fingerprint density at radius 1 is 1.22 bits per heavy atom. The van der Waals surface area contributed by atoms with Crippen LogP contribution < -0.4 is 11.5 Å². The molecular formula is C19H20Cl2N2O4. The molecule has 1 aliphatic rings. The molecule has 0 heterocycles. The third-order valence-corrected chi connectivity index (χ3v) is 5.38. The van der Waals surface area contributed by atoms with E-state index in [1.807, 2.05) is 0 Å². The molecule has 0 bridgehead atoms. The lowest BCUT2D eigenvalue weighted by molar-refractivity contribution is -0.139. The van der Waals surface area contributed by atoms with Crippen molar-refractivity contribution in [2.24, 2.45) is 11.5 Å². The second-order valence-electron chi connectivity index (χ2n) is 6.01. The lowest BCUT2D eigenvalue weighted by Crippen LogP contribution is -2.50. The minimum Gasteiger partial charge on any atom is -0.463 e. The van der Waals surface area contributed by atoms with Crippen LogP contribution in [0.5, 0.6) is 0 Å². The van der Waals surface area contributed by atoms with Crippen molar-refractivity contribution in [2.75, 3.05) is 6.61 Å². The smallest absolute Gasteiger partial charge is 0.336 e. The molecule has 1 aliphatic carbocycles. The van der Waals surface area contributed by atoms with Crippen molar-refractivity contribution in [1.82, 2.24) is 0 Å². The molecule has 0 fully saturated rings. The molecule has 0 saturated carbocycles. The van der Waals surface area contributed by atoms with Crippen LogP contribution in [-0.4, -0.2) is 29.8 Å². The Balaban J connectivity index is 2.97. The largest absolute Gasteiger partial charge is 0.463 e. The predicted octanol–water partition coefficient (Wildman–Crippen LogP) is 2.28. The predicted molar refractivity (Wildman–Crippen MR) is 103 cm³/mol. The Labute approximate surface area is 167 Å². The minimum atomic E-state index is -1.56. The van der Waals surface area contributed by atoms with E-state index in [1.54, 1.807) is 37.3 Å². The number of alkyl halides is 1. The molecular weight excluding hydrogens is 391 g/mol. The molecule has 0 aromatic heterocycles. The van der Waals surface area contributed by atoms with Crippen molar-refractivity contribution in [3.8, 4) is 0 Å². The summed E-state index contributed by atoms with van der Waals surface area (Å²) in [6.45, 7) is 1.72. The van der Waals surface area contributed by atoms with Crippen LogP contribution in [-0.2, 0) is 24.5 Å². The highest BCUT2D eigenvalue weighted by Crippen LogP contribution is 2.51. The van der Waals surface area contributed by atoms with Crippen molar-refractivity contribution in [3.05, 3.63) is 58.1 Å². The number of rotatable bonds is 6. The van der Waals surface area contributed by atoms with E-state index >= 15 is 0 Å². The molecule has 0 saturated heterocycles. The van der Waals surface area contributed by atoms with Crippen molar-refractivity contribution in [3.63, 3.8) is 0 Å². The van der Waals surface area contributed by atoms with Gasteiger partial charge < -0.3 is 16.2 Å². The van der Waals surface area contributed by atoms with Crippen LogP contribution in [0.15, 0.2) is 52.6 Å². The van der Waals surface area contributed by atoms with Gasteiger partial charge in [-0.1, -0.05) is 41.9 Å². The van der Waals surface area contributed by atoms with Gasteiger partial charge in [0, 0.05) is 16.7 Å². The first kappa shape index (κ1) is 21.0. The monoisotopic (exact) mass is 410 g/mol. The number of amides is 2. The van der Waals surface area contributed by atoms with Crippen molar-refractivity contribution >= 4 is 41.0 Å². The van der Waals surface area contributed by atoms with Gasteiger partial charge in [0.2, 0.25) is 11.8 Å². The molecule has 1 aromatic rings. The topological polar surface area (TPSA) is 112 Å². The number of halogens is 2. The summed E-state index contributed by atoms with van der Waals surface area (Å²) >= 11 is 12.7. The summed E-state index contributed by atoms with van der Waals surface area (Å²) in [6.07, 6.45) is 0.438. The standard InChI is InChI=1S/C19H20Cl2N2O4/c1-2-27-18(26)13(10-20)19(11-6-4-3-5-7-11)14(21)9-8-12(16(22)24)15(19)17(23)25/h3-7,10,14H,2,8-9H2,1H3,(H2,22,24)(H2,23,25). The van der Waals surface area contributed by atoms with Crippen molar-refractivity contribution in [1.29, 1.82) is 0 Å². The molecule has 0 aliphatic heterocycles. The Kier molecular flexibility index (Phi) is 6.68. The molecule has 2 atom stereocenters. The van der Waals surface area contributed by atoms with E-state index in [9.17, 15) is 14.4 Å². The number of hydrogen-bond acceptors (Lipinski definition) is 4. The lowest BCUT2D eigenvalue weighted by Gasteiger charge is -2.43. The summed E-state index contributed by atoms with van der Waals surface area (Å²) < 4.78 is 5.13. The molecule has 0 spiro atoms. The molecule has 8 heteroatoms. The second kappa shape index (κ2) is 8.59. The highest BCUT2D eigenvalue weighted by Gasteiger charge is 2.54. The molecule has 2 amide bonds. The number of esters is 1. The zero-order chi connectivity index (χ0) is 20.2. The Morgan fingerprint density at radius 2 is 1.85 bits per heavy atom. The highest BCUT2D eigenvalue weighted by atomic mass is 35.5. The van der Waals surface area contributed by atoms with Gasteiger partial charge >= 0.3 is 5.97 Å². The normalized spacial score (nSPS) is 23.1. The van der Waals surface area contributed by atoms with Crippen LogP contribution in [0.3, 0.4) is 0 Å². The summed E-state index contributed by atoms with van der Waals surface area (Å²) in [4.78, 5) is 37.2. The number of benzene rings is 1. The Hall–Kier alpha value is -2.31. The van der Waals surface area contributed by atoms with Crippen LogP contribution in [0, 0.1) is 0 Å². The van der Waals surface area contributed by atoms with Gasteiger partial charge in [-0.3, -0.25) is 9.59 Å². The molecule has 1 aromatic carbocycles. The van der Waals surface area contributed by atoms with Gasteiger partial charge in [0.15, 0.2) is 0 Å². The summed E-state index contributed by atoms with van der Waals surface area (Å²) in [5.74, 6) is -2.46. The number of carbonyl (C=O) groups excluding carboxylic acids is 3. The summed E-state index contributed by atoms with van der Waals surface area (Å²) in [7, 11) is 0. The lowest BCUT2D eigenvalue weighted by atomic mass is 9.61. The molecule has 4 N–H and O–H groups in total. The van der Waals surface area contributed by atoms with Crippen LogP contribution in [0.2, 0.25) is 0 Å². The number of ether oxygens (including phenoxy) is 1. The fourth-order valence-corrected chi connectivity index (χ4v) is 4.31. The maximum Gasteiger partial charge on any atom is 0.336 e. The maximum atomic E-state index is 12.7. The first-order valence-corrected chi connectivity index (χ1v) is 9.20. The van der Waals surface area contributed by atoms with E-state index < -0.39 is 28.6 Å². The van der Waals surface area contributed by atoms with E-state index in [1.165, 1.54) is 0 Å². The molecule has 2 unspecified atom stereocenters. The zero-order valence-electron chi connectivity index (χ0n) is 14.7. The zero-order valence-corrected chi connectivity index (χ0v) is 16.2. The first-order chi connectivity index (χ1) is 12.8. The second-order valence-corrected chi connectivity index (χ2v) is 6.75. The van der Waals surface area contributed by atoms with Gasteiger partial charge in [0.1, 0.15) is 0 Å².